The van der Waals surface area contributed by atoms with E-state index in [0.29, 0.717) is 0 Å². The molecule has 0 saturated carbocycles. The van der Waals surface area contributed by atoms with Gasteiger partial charge in [0.2, 0.25) is 0 Å². The number of unbranched alkanes of at least 4 members (excludes halogenated alkanes) is 2. The van der Waals surface area contributed by atoms with Crippen LogP contribution in [0.3, 0.4) is 0 Å². The number of thiophene rings is 4. The van der Waals surface area contributed by atoms with Crippen molar-refractivity contribution in [2.75, 3.05) is 0 Å². The third-order valence-corrected chi connectivity index (χ3v) is 13.1. The Labute approximate surface area is 259 Å². The van der Waals surface area contributed by atoms with Crippen LogP contribution in [0.25, 0.3) is 41.1 Å². The molecule has 0 radical (unpaired) electrons. The summed E-state index contributed by atoms with van der Waals surface area (Å²) >= 11 is 11.7. The van der Waals surface area contributed by atoms with Gasteiger partial charge in [0.05, 0.1) is 3.79 Å². The molecule has 1 aromatic carbocycles. The maximum Gasteiger partial charge on any atom is 0.0711 e. The van der Waals surface area contributed by atoms with Gasteiger partial charge in [-0.1, -0.05) is 79.1 Å². The Balaban J connectivity index is 1.53. The van der Waals surface area contributed by atoms with Crippen LogP contribution >= 0.6 is 61.3 Å². The number of halogens is 1. The van der Waals surface area contributed by atoms with Gasteiger partial charge in [-0.05, 0) is 82.4 Å². The van der Waals surface area contributed by atoms with E-state index < -0.39 is 0 Å². The topological polar surface area (TPSA) is 0 Å². The Morgan fingerprint density at radius 3 is 1.77 bits per heavy atom. The second-order valence-corrected chi connectivity index (χ2v) is 16.7. The first kappa shape index (κ1) is 29.5. The smallest absolute Gasteiger partial charge is 0.0711 e. The Hall–Kier alpha value is -0.980. The van der Waals surface area contributed by atoms with Gasteiger partial charge in [0, 0.05) is 50.8 Å². The van der Waals surface area contributed by atoms with Crippen molar-refractivity contribution in [3.8, 4) is 20.9 Å². The Bertz CT molecular complexity index is 1390. The monoisotopic (exact) mass is 656 g/mol. The lowest BCUT2D eigenvalue weighted by atomic mass is 9.95. The molecule has 4 aromatic heterocycles. The van der Waals surface area contributed by atoms with Crippen molar-refractivity contribution in [3.63, 3.8) is 0 Å². The summed E-state index contributed by atoms with van der Waals surface area (Å²) in [5.41, 5.74) is 2.89. The first-order valence-electron chi connectivity index (χ1n) is 14.9. The first-order valence-corrected chi connectivity index (χ1v) is 19.0. The SMILES string of the molecule is CCCCC(CC)Cc1ccc(-c2c3cc(Br)sc3c(-c3ccc(CC(CC)CCCC)s3)c3ccsc23)s1. The number of hydrogen-bond acceptors (Lipinski definition) is 4. The zero-order valence-corrected chi connectivity index (χ0v) is 28.6. The van der Waals surface area contributed by atoms with E-state index in [4.69, 9.17) is 0 Å². The molecule has 5 aromatic rings. The molecule has 0 saturated heterocycles. The summed E-state index contributed by atoms with van der Waals surface area (Å²) in [6.07, 6.45) is 13.0. The van der Waals surface area contributed by atoms with Crippen molar-refractivity contribution in [3.05, 3.63) is 55.3 Å². The van der Waals surface area contributed by atoms with Crippen LogP contribution in [0.5, 0.6) is 0 Å². The van der Waals surface area contributed by atoms with E-state index in [2.05, 4.69) is 85.4 Å². The van der Waals surface area contributed by atoms with E-state index in [9.17, 15) is 0 Å². The van der Waals surface area contributed by atoms with Crippen molar-refractivity contribution in [1.29, 1.82) is 0 Å². The number of benzene rings is 1. The lowest BCUT2D eigenvalue weighted by Gasteiger charge is -2.13. The second-order valence-electron chi connectivity index (χ2n) is 11.0. The highest BCUT2D eigenvalue weighted by Crippen LogP contribution is 2.51. The highest BCUT2D eigenvalue weighted by Gasteiger charge is 2.22. The van der Waals surface area contributed by atoms with Crippen molar-refractivity contribution in [2.45, 2.75) is 91.9 Å². The first-order chi connectivity index (χ1) is 19.1. The molecule has 0 amide bonds. The third-order valence-electron chi connectivity index (χ3n) is 8.24. The minimum absolute atomic E-state index is 0.804. The minimum Gasteiger partial charge on any atom is -0.143 e. The second kappa shape index (κ2) is 13.8. The lowest BCUT2D eigenvalue weighted by molar-refractivity contribution is 0.452. The average molecular weight is 658 g/mol. The Kier molecular flexibility index (Phi) is 10.4. The molecule has 2 atom stereocenters. The van der Waals surface area contributed by atoms with Gasteiger partial charge in [0.25, 0.3) is 0 Å². The van der Waals surface area contributed by atoms with Gasteiger partial charge in [0.1, 0.15) is 0 Å². The molecular weight excluding hydrogens is 617 g/mol. The molecule has 5 rings (SSSR count). The highest BCUT2D eigenvalue weighted by atomic mass is 79.9. The summed E-state index contributed by atoms with van der Waals surface area (Å²) in [5.74, 6) is 1.61. The van der Waals surface area contributed by atoms with Gasteiger partial charge in [-0.25, -0.2) is 0 Å². The number of hydrogen-bond donors (Lipinski definition) is 0. The fourth-order valence-corrected chi connectivity index (χ4v) is 11.0. The molecule has 0 N–H and O–H groups in total. The van der Waals surface area contributed by atoms with Crippen LogP contribution in [0.15, 0.2) is 45.6 Å². The van der Waals surface area contributed by atoms with Gasteiger partial charge in [-0.15, -0.1) is 45.3 Å². The molecule has 2 unspecified atom stereocenters. The predicted molar refractivity (Wildman–Crippen MR) is 186 cm³/mol. The van der Waals surface area contributed by atoms with Crippen LogP contribution in [0.4, 0.5) is 0 Å². The Morgan fingerprint density at radius 1 is 0.667 bits per heavy atom. The third kappa shape index (κ3) is 6.59. The molecule has 5 heteroatoms. The van der Waals surface area contributed by atoms with Gasteiger partial charge in [-0.3, -0.25) is 0 Å². The largest absolute Gasteiger partial charge is 0.143 e. The highest BCUT2D eigenvalue weighted by molar-refractivity contribution is 9.11. The summed E-state index contributed by atoms with van der Waals surface area (Å²) < 4.78 is 4.10. The van der Waals surface area contributed by atoms with E-state index in [1.165, 1.54) is 109 Å². The summed E-state index contributed by atoms with van der Waals surface area (Å²) in [7, 11) is 0. The van der Waals surface area contributed by atoms with E-state index in [1.54, 1.807) is 9.75 Å². The zero-order valence-electron chi connectivity index (χ0n) is 23.8. The van der Waals surface area contributed by atoms with E-state index in [1.807, 2.05) is 45.3 Å². The van der Waals surface area contributed by atoms with Gasteiger partial charge in [-0.2, -0.15) is 0 Å². The molecule has 0 spiro atoms. The molecular formula is C34H41BrS4. The molecule has 0 aliphatic heterocycles. The number of rotatable bonds is 14. The van der Waals surface area contributed by atoms with Crippen LogP contribution in [-0.2, 0) is 12.8 Å². The fourth-order valence-electron chi connectivity index (χ4n) is 5.87. The van der Waals surface area contributed by atoms with Crippen molar-refractivity contribution in [2.24, 2.45) is 11.8 Å². The van der Waals surface area contributed by atoms with Crippen LogP contribution in [0.2, 0.25) is 0 Å². The molecule has 4 heterocycles. The molecule has 0 bridgehead atoms. The fraction of sp³-hybridized carbons (Fsp3) is 0.471. The molecule has 0 nitrogen and oxygen atoms in total. The summed E-state index contributed by atoms with van der Waals surface area (Å²) in [5, 5.41) is 5.13. The van der Waals surface area contributed by atoms with Crippen molar-refractivity contribution in [1.82, 2.24) is 0 Å². The number of fused-ring (bicyclic) bond motifs is 2. The lowest BCUT2D eigenvalue weighted by Crippen LogP contribution is -2.01. The van der Waals surface area contributed by atoms with Crippen LogP contribution < -0.4 is 0 Å². The van der Waals surface area contributed by atoms with Gasteiger partial charge >= 0.3 is 0 Å². The maximum atomic E-state index is 3.87. The molecule has 208 valence electrons. The Morgan fingerprint density at radius 2 is 1.23 bits per heavy atom. The summed E-state index contributed by atoms with van der Waals surface area (Å²) in [4.78, 5) is 5.94. The van der Waals surface area contributed by atoms with E-state index in [-0.39, 0.29) is 0 Å². The van der Waals surface area contributed by atoms with Gasteiger partial charge < -0.3 is 0 Å². The van der Waals surface area contributed by atoms with E-state index >= 15 is 0 Å². The van der Waals surface area contributed by atoms with Crippen LogP contribution in [-0.4, -0.2) is 0 Å². The predicted octanol–water partition coefficient (Wildman–Crippen LogP) is 13.9. The minimum atomic E-state index is 0.804. The molecule has 0 aliphatic carbocycles. The van der Waals surface area contributed by atoms with Crippen molar-refractivity contribution >= 4 is 81.4 Å². The molecule has 39 heavy (non-hydrogen) atoms. The summed E-state index contributed by atoms with van der Waals surface area (Å²) in [6.45, 7) is 9.34. The van der Waals surface area contributed by atoms with E-state index in [0.717, 1.165) is 11.8 Å². The van der Waals surface area contributed by atoms with Crippen molar-refractivity contribution < 1.29 is 0 Å². The van der Waals surface area contributed by atoms with Crippen LogP contribution in [0.1, 0.15) is 88.8 Å². The van der Waals surface area contributed by atoms with Gasteiger partial charge in [0.15, 0.2) is 0 Å². The molecule has 0 fully saturated rings. The summed E-state index contributed by atoms with van der Waals surface area (Å²) in [6, 6.07) is 14.4. The quantitative estimate of drug-likeness (QED) is 0.111. The molecule has 0 aliphatic rings. The zero-order chi connectivity index (χ0) is 27.4. The maximum absolute atomic E-state index is 3.87. The van der Waals surface area contributed by atoms with Crippen LogP contribution in [0, 0.1) is 11.8 Å². The standard InChI is InChI=1S/C34H41BrS4/c1-5-9-11-22(7-3)19-24-13-15-28(37-24)31-26-17-18-36-33(26)32(27-21-30(35)39-34(27)31)29-16-14-25(38-29)20-23(8-4)12-10-6-2/h13-18,21-23H,5-12,19-20H2,1-4H3. The normalized spacial score (nSPS) is 13.6. The average Bonchev–Trinajstić information content (AvgIpc) is 3.75.